The molecule has 4 heteroatoms. The summed E-state index contributed by atoms with van der Waals surface area (Å²) in [6, 6.07) is 3.92. The van der Waals surface area contributed by atoms with E-state index in [1.807, 2.05) is 12.1 Å². The van der Waals surface area contributed by atoms with Crippen LogP contribution in [0.2, 0.25) is 4.34 Å². The number of hydroxylamine groups is 1. The highest BCUT2D eigenvalue weighted by molar-refractivity contribution is 7.16. The van der Waals surface area contributed by atoms with Crippen LogP contribution in [0.1, 0.15) is 4.88 Å². The van der Waals surface area contributed by atoms with Gasteiger partial charge in [-0.2, -0.15) is 0 Å². The third kappa shape index (κ3) is 3.20. The maximum absolute atomic E-state index is 5.74. The molecule has 0 unspecified atom stereocenters. The molecule has 2 nitrogen and oxygen atoms in total. The van der Waals surface area contributed by atoms with Crippen LogP contribution in [0, 0.1) is 0 Å². The number of thiophene rings is 1. The lowest BCUT2D eigenvalue weighted by molar-refractivity contribution is 0.0607. The Morgan fingerprint density at radius 3 is 3.00 bits per heavy atom. The molecule has 1 N–H and O–H groups in total. The average molecular weight is 192 g/mol. The number of halogens is 1. The summed E-state index contributed by atoms with van der Waals surface area (Å²) in [5.74, 6) is 0. The van der Waals surface area contributed by atoms with E-state index in [9.17, 15) is 0 Å². The van der Waals surface area contributed by atoms with Crippen LogP contribution in [0.5, 0.6) is 0 Å². The normalized spacial score (nSPS) is 10.4. The molecule has 1 aromatic rings. The second-order valence-electron chi connectivity index (χ2n) is 2.01. The molecule has 0 aliphatic rings. The molecule has 0 saturated carbocycles. The Morgan fingerprint density at radius 1 is 1.64 bits per heavy atom. The number of nitrogens with one attached hydrogen (secondary N) is 1. The van der Waals surface area contributed by atoms with E-state index in [0.29, 0.717) is 6.61 Å². The number of hydrogen-bond donors (Lipinski definition) is 1. The van der Waals surface area contributed by atoms with Crippen LogP contribution in [-0.4, -0.2) is 13.7 Å². The fraction of sp³-hybridized carbons (Fsp3) is 0.429. The molecule has 1 aromatic heterocycles. The van der Waals surface area contributed by atoms with Gasteiger partial charge in [0.05, 0.1) is 10.9 Å². The number of hydrogen-bond acceptors (Lipinski definition) is 3. The molecule has 0 fully saturated rings. The van der Waals surface area contributed by atoms with Crippen molar-refractivity contribution in [2.75, 3.05) is 13.7 Å². The van der Waals surface area contributed by atoms with Crippen molar-refractivity contribution in [2.45, 2.75) is 6.42 Å². The van der Waals surface area contributed by atoms with Gasteiger partial charge in [-0.15, -0.1) is 11.3 Å². The molecular formula is C7H10ClNOS. The van der Waals surface area contributed by atoms with Crippen LogP contribution in [0.3, 0.4) is 0 Å². The van der Waals surface area contributed by atoms with Gasteiger partial charge in [-0.25, -0.2) is 5.48 Å². The lowest BCUT2D eigenvalue weighted by atomic mass is 10.4. The van der Waals surface area contributed by atoms with Crippen molar-refractivity contribution in [1.82, 2.24) is 5.48 Å². The van der Waals surface area contributed by atoms with E-state index >= 15 is 0 Å². The summed E-state index contributed by atoms with van der Waals surface area (Å²) in [6.07, 6.45) is 0.915. The highest BCUT2D eigenvalue weighted by atomic mass is 35.5. The van der Waals surface area contributed by atoms with Gasteiger partial charge in [-0.3, -0.25) is 0 Å². The quantitative estimate of drug-likeness (QED) is 0.582. The molecule has 0 radical (unpaired) electrons. The summed E-state index contributed by atoms with van der Waals surface area (Å²) in [5.41, 5.74) is 2.62. The molecule has 62 valence electrons. The first-order valence-electron chi connectivity index (χ1n) is 3.35. The lowest BCUT2D eigenvalue weighted by Gasteiger charge is -1.97. The zero-order valence-corrected chi connectivity index (χ0v) is 7.84. The predicted octanol–water partition coefficient (Wildman–Crippen LogP) is 2.09. The molecule has 1 heterocycles. The van der Waals surface area contributed by atoms with Gasteiger partial charge in [0.2, 0.25) is 0 Å². The van der Waals surface area contributed by atoms with Crippen molar-refractivity contribution in [3.8, 4) is 0 Å². The Bertz CT molecular complexity index is 214. The standard InChI is InChI=1S/C7H10ClNOS/c1-9-10-5-4-6-2-3-7(8)11-6/h2-3,9H,4-5H2,1H3. The topological polar surface area (TPSA) is 21.3 Å². The zero-order valence-electron chi connectivity index (χ0n) is 6.26. The van der Waals surface area contributed by atoms with Gasteiger partial charge in [0, 0.05) is 18.3 Å². The first-order valence-corrected chi connectivity index (χ1v) is 4.55. The SMILES string of the molecule is CNOCCc1ccc(Cl)s1. The van der Waals surface area contributed by atoms with Crippen molar-refractivity contribution in [1.29, 1.82) is 0 Å². The summed E-state index contributed by atoms with van der Waals surface area (Å²) < 4.78 is 0.837. The van der Waals surface area contributed by atoms with Crippen LogP contribution in [0.25, 0.3) is 0 Å². The van der Waals surface area contributed by atoms with Gasteiger partial charge in [-0.05, 0) is 12.1 Å². The summed E-state index contributed by atoms with van der Waals surface area (Å²) in [5, 5.41) is 0. The highest BCUT2D eigenvalue weighted by Crippen LogP contribution is 2.21. The Labute approximate surface area is 75.1 Å². The van der Waals surface area contributed by atoms with E-state index in [4.69, 9.17) is 16.4 Å². The minimum absolute atomic E-state index is 0.688. The van der Waals surface area contributed by atoms with Gasteiger partial charge < -0.3 is 4.84 Å². The average Bonchev–Trinajstić information content (AvgIpc) is 2.37. The van der Waals surface area contributed by atoms with E-state index in [0.717, 1.165) is 10.8 Å². The molecule has 0 atom stereocenters. The van der Waals surface area contributed by atoms with E-state index in [-0.39, 0.29) is 0 Å². The van der Waals surface area contributed by atoms with Crippen LogP contribution < -0.4 is 5.48 Å². The first kappa shape index (κ1) is 9.00. The second kappa shape index (κ2) is 4.72. The maximum atomic E-state index is 5.74. The second-order valence-corrected chi connectivity index (χ2v) is 3.81. The van der Waals surface area contributed by atoms with Crippen molar-refractivity contribution < 1.29 is 4.84 Å². The third-order valence-electron chi connectivity index (χ3n) is 1.22. The Morgan fingerprint density at radius 2 is 2.45 bits per heavy atom. The summed E-state index contributed by atoms with van der Waals surface area (Å²) in [4.78, 5) is 6.22. The van der Waals surface area contributed by atoms with Crippen molar-refractivity contribution >= 4 is 22.9 Å². The van der Waals surface area contributed by atoms with Crippen molar-refractivity contribution in [3.05, 3.63) is 21.3 Å². The number of rotatable bonds is 4. The minimum Gasteiger partial charge on any atom is -0.302 e. The molecule has 11 heavy (non-hydrogen) atoms. The monoisotopic (exact) mass is 191 g/mol. The zero-order chi connectivity index (χ0) is 8.10. The Kier molecular flexibility index (Phi) is 3.86. The van der Waals surface area contributed by atoms with Gasteiger partial charge in [0.15, 0.2) is 0 Å². The molecule has 0 saturated heterocycles. The summed E-state index contributed by atoms with van der Waals surface area (Å²) >= 11 is 7.33. The smallest absolute Gasteiger partial charge is 0.0931 e. The summed E-state index contributed by atoms with van der Waals surface area (Å²) in [7, 11) is 1.75. The van der Waals surface area contributed by atoms with Gasteiger partial charge in [0.1, 0.15) is 0 Å². The van der Waals surface area contributed by atoms with Gasteiger partial charge >= 0.3 is 0 Å². The lowest BCUT2D eigenvalue weighted by Crippen LogP contribution is -2.09. The molecule has 0 bridgehead atoms. The van der Waals surface area contributed by atoms with Gasteiger partial charge in [0.25, 0.3) is 0 Å². The Balaban J connectivity index is 2.27. The third-order valence-corrected chi connectivity index (χ3v) is 2.51. The Hall–Kier alpha value is -0.0900. The first-order chi connectivity index (χ1) is 5.33. The van der Waals surface area contributed by atoms with Crippen LogP contribution >= 0.6 is 22.9 Å². The van der Waals surface area contributed by atoms with Crippen LogP contribution in [0.4, 0.5) is 0 Å². The van der Waals surface area contributed by atoms with Crippen molar-refractivity contribution in [2.24, 2.45) is 0 Å². The van der Waals surface area contributed by atoms with E-state index in [1.165, 1.54) is 4.88 Å². The fourth-order valence-electron chi connectivity index (χ4n) is 0.740. The molecule has 1 rings (SSSR count). The van der Waals surface area contributed by atoms with E-state index in [1.54, 1.807) is 18.4 Å². The van der Waals surface area contributed by atoms with Gasteiger partial charge in [-0.1, -0.05) is 11.6 Å². The molecule has 0 aromatic carbocycles. The predicted molar refractivity (Wildman–Crippen MR) is 48.0 cm³/mol. The molecule has 0 aliphatic heterocycles. The van der Waals surface area contributed by atoms with Crippen LogP contribution in [0.15, 0.2) is 12.1 Å². The largest absolute Gasteiger partial charge is 0.302 e. The summed E-state index contributed by atoms with van der Waals surface area (Å²) in [6.45, 7) is 0.688. The maximum Gasteiger partial charge on any atom is 0.0931 e. The van der Waals surface area contributed by atoms with Crippen LogP contribution in [-0.2, 0) is 11.3 Å². The van der Waals surface area contributed by atoms with Crippen molar-refractivity contribution in [3.63, 3.8) is 0 Å². The molecule has 0 aliphatic carbocycles. The molecular weight excluding hydrogens is 182 g/mol. The molecule has 0 spiro atoms. The fourth-order valence-corrected chi connectivity index (χ4v) is 1.81. The highest BCUT2D eigenvalue weighted by Gasteiger charge is 1.96. The molecule has 0 amide bonds. The minimum atomic E-state index is 0.688. The van der Waals surface area contributed by atoms with E-state index < -0.39 is 0 Å². The van der Waals surface area contributed by atoms with E-state index in [2.05, 4.69) is 5.48 Å².